The number of amides is 1. The van der Waals surface area contributed by atoms with Crippen molar-refractivity contribution in [2.24, 2.45) is 0 Å². The van der Waals surface area contributed by atoms with Crippen molar-refractivity contribution >= 4 is 21.6 Å². The van der Waals surface area contributed by atoms with Gasteiger partial charge in [-0.2, -0.15) is 0 Å². The topological polar surface area (TPSA) is 75.7 Å². The Labute approximate surface area is 170 Å². The first kappa shape index (κ1) is 21.1. The smallest absolute Gasteiger partial charge is 0.258 e. The van der Waals surface area contributed by atoms with Crippen LogP contribution in [0.5, 0.6) is 5.75 Å². The van der Waals surface area contributed by atoms with Crippen molar-refractivity contribution in [1.29, 1.82) is 0 Å². The van der Waals surface area contributed by atoms with Gasteiger partial charge in [-0.3, -0.25) is 9.10 Å². The zero-order chi connectivity index (χ0) is 20.9. The zero-order valence-corrected chi connectivity index (χ0v) is 17.1. The van der Waals surface area contributed by atoms with Gasteiger partial charge in [-0.05, 0) is 43.2 Å². The number of hydrogen-bond acceptors (Lipinski definition) is 4. The SMILES string of the molecule is CS(=O)(=O)N(Cc1ccccc1F)c1ccc(OCC(=O)NC2CCCC2)cc1. The largest absolute Gasteiger partial charge is 0.484 e. The van der Waals surface area contributed by atoms with E-state index in [1.54, 1.807) is 42.5 Å². The van der Waals surface area contributed by atoms with E-state index in [-0.39, 0.29) is 30.7 Å². The molecule has 0 saturated heterocycles. The van der Waals surface area contributed by atoms with E-state index in [0.717, 1.165) is 36.2 Å². The summed E-state index contributed by atoms with van der Waals surface area (Å²) in [6.45, 7) is -0.212. The maximum atomic E-state index is 14.0. The van der Waals surface area contributed by atoms with Crippen molar-refractivity contribution < 1.29 is 22.3 Å². The number of nitrogens with one attached hydrogen (secondary N) is 1. The van der Waals surface area contributed by atoms with Gasteiger partial charge in [-0.15, -0.1) is 0 Å². The standard InChI is InChI=1S/C21H25FN2O4S/c1-29(26,27)24(14-16-6-2-5-9-20(16)22)18-10-12-19(13-11-18)28-15-21(25)23-17-7-3-4-8-17/h2,5-6,9-13,17H,3-4,7-8,14-15H2,1H3,(H,23,25). The molecule has 6 nitrogen and oxygen atoms in total. The highest BCUT2D eigenvalue weighted by atomic mass is 32.2. The molecule has 0 heterocycles. The van der Waals surface area contributed by atoms with Crippen LogP contribution < -0.4 is 14.4 Å². The monoisotopic (exact) mass is 420 g/mol. The second kappa shape index (κ2) is 9.26. The van der Waals surface area contributed by atoms with E-state index in [0.29, 0.717) is 11.4 Å². The fourth-order valence-electron chi connectivity index (χ4n) is 3.38. The lowest BCUT2D eigenvalue weighted by Crippen LogP contribution is -2.36. The molecule has 0 spiro atoms. The van der Waals surface area contributed by atoms with Crippen molar-refractivity contribution in [3.63, 3.8) is 0 Å². The lowest BCUT2D eigenvalue weighted by molar-refractivity contribution is -0.123. The van der Waals surface area contributed by atoms with Crippen molar-refractivity contribution in [2.45, 2.75) is 38.3 Å². The van der Waals surface area contributed by atoms with Crippen LogP contribution in [0.4, 0.5) is 10.1 Å². The van der Waals surface area contributed by atoms with Gasteiger partial charge in [0.05, 0.1) is 18.5 Å². The third-order valence-corrected chi connectivity index (χ3v) is 6.03. The summed E-state index contributed by atoms with van der Waals surface area (Å²) < 4.78 is 45.0. The maximum Gasteiger partial charge on any atom is 0.258 e. The van der Waals surface area contributed by atoms with Crippen molar-refractivity contribution in [2.75, 3.05) is 17.2 Å². The number of nitrogens with zero attached hydrogens (tertiary/aromatic N) is 1. The van der Waals surface area contributed by atoms with E-state index in [9.17, 15) is 17.6 Å². The molecule has 0 radical (unpaired) electrons. The number of hydrogen-bond donors (Lipinski definition) is 1. The molecule has 1 fully saturated rings. The molecule has 0 aliphatic heterocycles. The number of carbonyl (C=O) groups is 1. The number of ether oxygens (including phenoxy) is 1. The predicted octanol–water partition coefficient (Wildman–Crippen LogP) is 3.23. The van der Waals surface area contributed by atoms with E-state index in [4.69, 9.17) is 4.74 Å². The molecule has 29 heavy (non-hydrogen) atoms. The normalized spacial score (nSPS) is 14.6. The molecule has 1 aliphatic carbocycles. The van der Waals surface area contributed by atoms with Gasteiger partial charge in [-0.25, -0.2) is 12.8 Å². The first-order valence-electron chi connectivity index (χ1n) is 9.56. The highest BCUT2D eigenvalue weighted by Gasteiger charge is 2.20. The summed E-state index contributed by atoms with van der Waals surface area (Å²) in [5, 5.41) is 2.94. The van der Waals surface area contributed by atoms with E-state index in [2.05, 4.69) is 5.32 Å². The van der Waals surface area contributed by atoms with Crippen LogP contribution >= 0.6 is 0 Å². The minimum atomic E-state index is -3.62. The average molecular weight is 421 g/mol. The first-order chi connectivity index (χ1) is 13.8. The molecule has 2 aromatic rings. The molecule has 1 N–H and O–H groups in total. The summed E-state index contributed by atoms with van der Waals surface area (Å²) in [7, 11) is -3.62. The summed E-state index contributed by atoms with van der Waals surface area (Å²) >= 11 is 0. The number of benzene rings is 2. The second-order valence-corrected chi connectivity index (χ2v) is 9.10. The van der Waals surface area contributed by atoms with Gasteiger partial charge in [0, 0.05) is 11.6 Å². The lowest BCUT2D eigenvalue weighted by atomic mass is 10.2. The quantitative estimate of drug-likeness (QED) is 0.711. The van der Waals surface area contributed by atoms with Gasteiger partial charge in [-0.1, -0.05) is 31.0 Å². The Morgan fingerprint density at radius 2 is 1.79 bits per heavy atom. The Bertz CT molecular complexity index is 941. The molecule has 8 heteroatoms. The highest BCUT2D eigenvalue weighted by molar-refractivity contribution is 7.92. The Morgan fingerprint density at radius 3 is 2.41 bits per heavy atom. The first-order valence-corrected chi connectivity index (χ1v) is 11.4. The number of anilines is 1. The van der Waals surface area contributed by atoms with E-state index >= 15 is 0 Å². The van der Waals surface area contributed by atoms with Crippen molar-refractivity contribution in [3.05, 3.63) is 59.9 Å². The molecule has 156 valence electrons. The minimum absolute atomic E-state index is 0.0964. The number of halogens is 1. The van der Waals surface area contributed by atoms with Crippen molar-refractivity contribution in [1.82, 2.24) is 5.32 Å². The number of rotatable bonds is 8. The second-order valence-electron chi connectivity index (χ2n) is 7.19. The van der Waals surface area contributed by atoms with Crippen LogP contribution in [-0.4, -0.2) is 33.2 Å². The van der Waals surface area contributed by atoms with Crippen LogP contribution in [0.25, 0.3) is 0 Å². The molecular formula is C21H25FN2O4S. The van der Waals surface area contributed by atoms with Crippen LogP contribution in [0.3, 0.4) is 0 Å². The molecule has 1 aliphatic rings. The molecule has 1 saturated carbocycles. The van der Waals surface area contributed by atoms with E-state index in [1.807, 2.05) is 0 Å². The molecule has 3 rings (SSSR count). The molecule has 0 unspecified atom stereocenters. The summed E-state index contributed by atoms with van der Waals surface area (Å²) in [6, 6.07) is 12.6. The Kier molecular flexibility index (Phi) is 6.74. The number of sulfonamides is 1. The summed E-state index contributed by atoms with van der Waals surface area (Å²) in [5.41, 5.74) is 0.667. The fraction of sp³-hybridized carbons (Fsp3) is 0.381. The van der Waals surface area contributed by atoms with Crippen LogP contribution in [0.2, 0.25) is 0 Å². The summed E-state index contributed by atoms with van der Waals surface area (Å²) in [4.78, 5) is 12.0. The minimum Gasteiger partial charge on any atom is -0.484 e. The molecule has 0 atom stereocenters. The molecule has 0 aromatic heterocycles. The predicted molar refractivity (Wildman–Crippen MR) is 110 cm³/mol. The lowest BCUT2D eigenvalue weighted by Gasteiger charge is -2.23. The van der Waals surface area contributed by atoms with Crippen LogP contribution in [0.15, 0.2) is 48.5 Å². The zero-order valence-electron chi connectivity index (χ0n) is 16.3. The van der Waals surface area contributed by atoms with E-state index < -0.39 is 15.8 Å². The molecular weight excluding hydrogens is 395 g/mol. The van der Waals surface area contributed by atoms with Crippen LogP contribution in [-0.2, 0) is 21.4 Å². The van der Waals surface area contributed by atoms with Crippen LogP contribution in [0.1, 0.15) is 31.2 Å². The number of carbonyl (C=O) groups excluding carboxylic acids is 1. The highest BCUT2D eigenvalue weighted by Crippen LogP contribution is 2.24. The Balaban J connectivity index is 1.64. The van der Waals surface area contributed by atoms with Gasteiger partial charge < -0.3 is 10.1 Å². The van der Waals surface area contributed by atoms with Gasteiger partial charge >= 0.3 is 0 Å². The average Bonchev–Trinajstić information content (AvgIpc) is 3.18. The molecule has 1 amide bonds. The summed E-state index contributed by atoms with van der Waals surface area (Å²) in [6.07, 6.45) is 5.35. The van der Waals surface area contributed by atoms with Gasteiger partial charge in [0.25, 0.3) is 5.91 Å². The van der Waals surface area contributed by atoms with E-state index in [1.165, 1.54) is 6.07 Å². The third-order valence-electron chi connectivity index (χ3n) is 4.89. The third kappa shape index (κ3) is 5.93. The molecule has 0 bridgehead atoms. The van der Waals surface area contributed by atoms with Gasteiger partial charge in [0.15, 0.2) is 6.61 Å². The fourth-order valence-corrected chi connectivity index (χ4v) is 4.26. The molecule has 2 aromatic carbocycles. The summed E-state index contributed by atoms with van der Waals surface area (Å²) in [5.74, 6) is -0.178. The Morgan fingerprint density at radius 1 is 1.14 bits per heavy atom. The van der Waals surface area contributed by atoms with Gasteiger partial charge in [0.1, 0.15) is 11.6 Å². The van der Waals surface area contributed by atoms with Crippen molar-refractivity contribution in [3.8, 4) is 5.75 Å². The van der Waals surface area contributed by atoms with Gasteiger partial charge in [0.2, 0.25) is 10.0 Å². The van der Waals surface area contributed by atoms with Crippen LogP contribution in [0, 0.1) is 5.82 Å². The maximum absolute atomic E-state index is 14.0. The Hall–Kier alpha value is -2.61.